The summed E-state index contributed by atoms with van der Waals surface area (Å²) in [4.78, 5) is 11.5. The molecule has 0 saturated heterocycles. The molecule has 1 rings (SSSR count). The molecule has 0 aromatic carbocycles. The second kappa shape index (κ2) is 4.76. The Morgan fingerprint density at radius 2 is 2.43 bits per heavy atom. The summed E-state index contributed by atoms with van der Waals surface area (Å²) in [5.74, 6) is 0.631. The summed E-state index contributed by atoms with van der Waals surface area (Å²) >= 11 is 0. The molecule has 0 saturated carbocycles. The summed E-state index contributed by atoms with van der Waals surface area (Å²) in [6.07, 6.45) is 2.57. The van der Waals surface area contributed by atoms with Crippen LogP contribution in [0.5, 0.6) is 0 Å². The lowest BCUT2D eigenvalue weighted by Gasteiger charge is -2.10. The zero-order chi connectivity index (χ0) is 10.6. The number of nitrogens with zero attached hydrogens (tertiary/aromatic N) is 1. The minimum atomic E-state index is -0.206. The maximum atomic E-state index is 11.5. The van der Waals surface area contributed by atoms with Gasteiger partial charge in [-0.05, 0) is 20.4 Å². The van der Waals surface area contributed by atoms with E-state index in [1.807, 2.05) is 6.92 Å². The van der Waals surface area contributed by atoms with Crippen molar-refractivity contribution < 1.29 is 4.79 Å². The molecule has 78 valence electrons. The lowest BCUT2D eigenvalue weighted by molar-refractivity contribution is -0.117. The molecule has 0 radical (unpaired) electrons. The van der Waals surface area contributed by atoms with Gasteiger partial charge in [-0.2, -0.15) is 5.10 Å². The van der Waals surface area contributed by atoms with Crippen molar-refractivity contribution in [2.45, 2.75) is 26.3 Å². The van der Waals surface area contributed by atoms with E-state index >= 15 is 0 Å². The number of carbonyl (C=O) groups excluding carboxylic acids is 1. The van der Waals surface area contributed by atoms with E-state index in [0.717, 1.165) is 12.0 Å². The van der Waals surface area contributed by atoms with E-state index in [0.29, 0.717) is 5.82 Å². The van der Waals surface area contributed by atoms with E-state index < -0.39 is 0 Å². The molecule has 0 fully saturated rings. The molecule has 0 aliphatic heterocycles. The SMILES string of the molecule is CCc1cn[nH]c1NC(=O)C(C)NC. The Morgan fingerprint density at radius 3 is 3.00 bits per heavy atom. The van der Waals surface area contributed by atoms with Crippen LogP contribution in [0.25, 0.3) is 0 Å². The maximum absolute atomic E-state index is 11.5. The van der Waals surface area contributed by atoms with E-state index in [4.69, 9.17) is 0 Å². The number of H-pyrrole nitrogens is 1. The second-order valence-electron chi connectivity index (χ2n) is 3.12. The predicted molar refractivity (Wildman–Crippen MR) is 55.1 cm³/mol. The fourth-order valence-electron chi connectivity index (χ4n) is 1.05. The summed E-state index contributed by atoms with van der Waals surface area (Å²) in [6, 6.07) is -0.206. The van der Waals surface area contributed by atoms with Crippen molar-refractivity contribution in [1.82, 2.24) is 15.5 Å². The van der Waals surface area contributed by atoms with Crippen LogP contribution >= 0.6 is 0 Å². The van der Waals surface area contributed by atoms with Gasteiger partial charge in [0, 0.05) is 5.56 Å². The van der Waals surface area contributed by atoms with Gasteiger partial charge in [-0.25, -0.2) is 0 Å². The van der Waals surface area contributed by atoms with Gasteiger partial charge in [0.1, 0.15) is 5.82 Å². The summed E-state index contributed by atoms with van der Waals surface area (Å²) in [5, 5.41) is 12.3. The van der Waals surface area contributed by atoms with E-state index in [2.05, 4.69) is 20.8 Å². The molecule has 14 heavy (non-hydrogen) atoms. The molecule has 1 atom stereocenters. The van der Waals surface area contributed by atoms with Crippen LogP contribution in [0, 0.1) is 0 Å². The van der Waals surface area contributed by atoms with Gasteiger partial charge >= 0.3 is 0 Å². The number of nitrogens with one attached hydrogen (secondary N) is 3. The molecular weight excluding hydrogens is 180 g/mol. The average molecular weight is 196 g/mol. The first kappa shape index (κ1) is 10.7. The monoisotopic (exact) mass is 196 g/mol. The Kier molecular flexibility index (Phi) is 3.64. The zero-order valence-corrected chi connectivity index (χ0v) is 8.72. The first-order chi connectivity index (χ1) is 6.69. The summed E-state index contributed by atoms with van der Waals surface area (Å²) in [5.41, 5.74) is 1.02. The number of aromatic nitrogens is 2. The van der Waals surface area contributed by atoms with Crippen molar-refractivity contribution in [2.24, 2.45) is 0 Å². The minimum Gasteiger partial charge on any atom is -0.309 e. The van der Waals surface area contributed by atoms with Gasteiger partial charge in [0.05, 0.1) is 12.2 Å². The molecular formula is C9H16N4O. The normalized spacial score (nSPS) is 12.5. The van der Waals surface area contributed by atoms with Crippen molar-refractivity contribution in [1.29, 1.82) is 0 Å². The summed E-state index contributed by atoms with van der Waals surface area (Å²) in [6.45, 7) is 3.82. The third-order valence-corrected chi connectivity index (χ3v) is 2.17. The van der Waals surface area contributed by atoms with Crippen LogP contribution in [0.15, 0.2) is 6.20 Å². The number of aromatic amines is 1. The van der Waals surface area contributed by atoms with Crippen LogP contribution < -0.4 is 10.6 Å². The van der Waals surface area contributed by atoms with E-state index in [-0.39, 0.29) is 11.9 Å². The fourth-order valence-corrected chi connectivity index (χ4v) is 1.05. The minimum absolute atomic E-state index is 0.0635. The summed E-state index contributed by atoms with van der Waals surface area (Å²) < 4.78 is 0. The largest absolute Gasteiger partial charge is 0.309 e. The number of likely N-dealkylation sites (N-methyl/N-ethyl adjacent to an activating group) is 1. The van der Waals surface area contributed by atoms with Crippen molar-refractivity contribution in [3.63, 3.8) is 0 Å². The average Bonchev–Trinajstić information content (AvgIpc) is 2.63. The highest BCUT2D eigenvalue weighted by Crippen LogP contribution is 2.11. The molecule has 5 heteroatoms. The Morgan fingerprint density at radius 1 is 1.71 bits per heavy atom. The highest BCUT2D eigenvalue weighted by atomic mass is 16.2. The van der Waals surface area contributed by atoms with Crippen molar-refractivity contribution in [2.75, 3.05) is 12.4 Å². The van der Waals surface area contributed by atoms with Crippen LogP contribution in [-0.4, -0.2) is 29.2 Å². The number of aryl methyl sites for hydroxylation is 1. The van der Waals surface area contributed by atoms with Gasteiger partial charge in [0.25, 0.3) is 0 Å². The highest BCUT2D eigenvalue weighted by molar-refractivity contribution is 5.94. The van der Waals surface area contributed by atoms with Gasteiger partial charge in [-0.15, -0.1) is 0 Å². The zero-order valence-electron chi connectivity index (χ0n) is 8.72. The molecule has 1 amide bonds. The second-order valence-corrected chi connectivity index (χ2v) is 3.12. The smallest absolute Gasteiger partial charge is 0.242 e. The molecule has 1 heterocycles. The van der Waals surface area contributed by atoms with Crippen LogP contribution in [0.1, 0.15) is 19.4 Å². The Bertz CT molecular complexity index is 308. The number of rotatable bonds is 4. The third-order valence-electron chi connectivity index (χ3n) is 2.17. The number of anilines is 1. The van der Waals surface area contributed by atoms with Crippen molar-refractivity contribution >= 4 is 11.7 Å². The van der Waals surface area contributed by atoms with Crippen LogP contribution in [0.4, 0.5) is 5.82 Å². The first-order valence-corrected chi connectivity index (χ1v) is 4.69. The van der Waals surface area contributed by atoms with Crippen LogP contribution in [0.3, 0.4) is 0 Å². The molecule has 5 nitrogen and oxygen atoms in total. The molecule has 1 aromatic heterocycles. The predicted octanol–water partition coefficient (Wildman–Crippen LogP) is 0.518. The summed E-state index contributed by atoms with van der Waals surface area (Å²) in [7, 11) is 1.75. The van der Waals surface area contributed by atoms with Gasteiger partial charge < -0.3 is 10.6 Å². The van der Waals surface area contributed by atoms with Crippen LogP contribution in [-0.2, 0) is 11.2 Å². The molecule has 0 bridgehead atoms. The topological polar surface area (TPSA) is 69.8 Å². The Hall–Kier alpha value is -1.36. The molecule has 1 aromatic rings. The lowest BCUT2D eigenvalue weighted by Crippen LogP contribution is -2.35. The van der Waals surface area contributed by atoms with Crippen LogP contribution in [0.2, 0.25) is 0 Å². The molecule has 0 aliphatic rings. The standard InChI is InChI=1S/C9H16N4O/c1-4-7-5-11-13-8(7)12-9(14)6(2)10-3/h5-6,10H,4H2,1-3H3,(H2,11,12,13,14). The lowest BCUT2D eigenvalue weighted by atomic mass is 10.2. The Labute approximate surface area is 83.3 Å². The van der Waals surface area contributed by atoms with Gasteiger partial charge in [0.15, 0.2) is 0 Å². The Balaban J connectivity index is 2.64. The van der Waals surface area contributed by atoms with E-state index in [9.17, 15) is 4.79 Å². The molecule has 0 aliphatic carbocycles. The van der Waals surface area contributed by atoms with Crippen molar-refractivity contribution in [3.05, 3.63) is 11.8 Å². The number of amides is 1. The first-order valence-electron chi connectivity index (χ1n) is 4.69. The fraction of sp³-hybridized carbons (Fsp3) is 0.556. The van der Waals surface area contributed by atoms with E-state index in [1.165, 1.54) is 0 Å². The number of hydrogen-bond acceptors (Lipinski definition) is 3. The third kappa shape index (κ3) is 2.32. The number of carbonyl (C=O) groups is 1. The molecule has 3 N–H and O–H groups in total. The highest BCUT2D eigenvalue weighted by Gasteiger charge is 2.12. The quantitative estimate of drug-likeness (QED) is 0.657. The van der Waals surface area contributed by atoms with Gasteiger partial charge in [0.2, 0.25) is 5.91 Å². The van der Waals surface area contributed by atoms with E-state index in [1.54, 1.807) is 20.2 Å². The van der Waals surface area contributed by atoms with Gasteiger partial charge in [-0.3, -0.25) is 9.89 Å². The maximum Gasteiger partial charge on any atom is 0.242 e. The molecule has 0 spiro atoms. The van der Waals surface area contributed by atoms with Crippen molar-refractivity contribution in [3.8, 4) is 0 Å². The van der Waals surface area contributed by atoms with Gasteiger partial charge in [-0.1, -0.05) is 6.92 Å². The molecule has 1 unspecified atom stereocenters. The number of hydrogen-bond donors (Lipinski definition) is 3.